The number of halogens is 2. The molecule has 0 aliphatic carbocycles. The summed E-state index contributed by atoms with van der Waals surface area (Å²) in [7, 11) is 0. The van der Waals surface area contributed by atoms with Crippen molar-refractivity contribution in [3.8, 4) is 11.1 Å². The van der Waals surface area contributed by atoms with E-state index in [4.69, 9.17) is 23.2 Å². The number of piperidine rings is 1. The summed E-state index contributed by atoms with van der Waals surface area (Å²) in [6, 6.07) is 23.5. The lowest BCUT2D eigenvalue weighted by Gasteiger charge is -2.35. The van der Waals surface area contributed by atoms with E-state index in [-0.39, 0.29) is 6.04 Å². The molecule has 43 heavy (non-hydrogen) atoms. The van der Waals surface area contributed by atoms with Crippen molar-refractivity contribution >= 4 is 39.9 Å². The van der Waals surface area contributed by atoms with Crippen LogP contribution in [-0.4, -0.2) is 58.9 Å². The highest BCUT2D eigenvalue weighted by molar-refractivity contribution is 6.35. The third-order valence-corrected chi connectivity index (χ3v) is 9.82. The Balaban J connectivity index is 1.10. The van der Waals surface area contributed by atoms with E-state index in [9.17, 15) is 4.79 Å². The van der Waals surface area contributed by atoms with Crippen molar-refractivity contribution in [1.82, 2.24) is 19.7 Å². The van der Waals surface area contributed by atoms with Crippen LogP contribution in [0.25, 0.3) is 22.0 Å². The summed E-state index contributed by atoms with van der Waals surface area (Å²) in [4.78, 5) is 17.6. The summed E-state index contributed by atoms with van der Waals surface area (Å²) in [5.41, 5.74) is 6.16. The van der Waals surface area contributed by atoms with Gasteiger partial charge in [0.05, 0.1) is 6.04 Å². The number of aryl methyl sites for hydroxylation is 1. The van der Waals surface area contributed by atoms with E-state index in [0.29, 0.717) is 12.2 Å². The predicted octanol–water partition coefficient (Wildman–Crippen LogP) is 7.81. The molecule has 6 rings (SSSR count). The average Bonchev–Trinajstić information content (AvgIpc) is 3.40. The van der Waals surface area contributed by atoms with Gasteiger partial charge in [0, 0.05) is 90.5 Å². The number of ketones is 1. The van der Waals surface area contributed by atoms with Crippen LogP contribution in [0.1, 0.15) is 49.7 Å². The number of benzene rings is 3. The van der Waals surface area contributed by atoms with Crippen molar-refractivity contribution in [2.24, 2.45) is 0 Å². The summed E-state index contributed by atoms with van der Waals surface area (Å²) >= 11 is 12.9. The predicted molar refractivity (Wildman–Crippen MR) is 179 cm³/mol. The Labute approximate surface area is 265 Å². The molecule has 1 aromatic heterocycles. The molecule has 0 radical (unpaired) electrons. The number of hydrogen-bond donors (Lipinski definition) is 1. The topological polar surface area (TPSA) is 40.5 Å². The summed E-state index contributed by atoms with van der Waals surface area (Å²) in [5.74, 6) is 0.389. The second-order valence-electron chi connectivity index (χ2n) is 12.1. The van der Waals surface area contributed by atoms with Gasteiger partial charge in [-0.15, -0.1) is 0 Å². The Morgan fingerprint density at radius 1 is 0.837 bits per heavy atom. The Kier molecular flexibility index (Phi) is 10.2. The number of carbonyl (C=O) groups is 1. The van der Waals surface area contributed by atoms with E-state index < -0.39 is 0 Å². The molecule has 2 aliphatic rings. The van der Waals surface area contributed by atoms with E-state index in [2.05, 4.69) is 74.4 Å². The Hall–Kier alpha value is -2.67. The molecular weight excluding hydrogens is 575 g/mol. The fourth-order valence-electron chi connectivity index (χ4n) is 6.63. The van der Waals surface area contributed by atoms with Gasteiger partial charge < -0.3 is 9.88 Å². The molecule has 0 spiro atoms. The summed E-state index contributed by atoms with van der Waals surface area (Å²) in [6.45, 7) is 7.65. The Bertz CT molecular complexity index is 1500. The zero-order chi connectivity index (χ0) is 29.6. The van der Waals surface area contributed by atoms with Gasteiger partial charge >= 0.3 is 0 Å². The molecule has 226 valence electrons. The van der Waals surface area contributed by atoms with E-state index in [0.717, 1.165) is 93.7 Å². The first-order valence-corrected chi connectivity index (χ1v) is 16.6. The minimum Gasteiger partial charge on any atom is -0.347 e. The van der Waals surface area contributed by atoms with Crippen molar-refractivity contribution in [3.05, 3.63) is 94.1 Å². The molecule has 0 amide bonds. The molecule has 1 N–H and O–H groups in total. The van der Waals surface area contributed by atoms with Gasteiger partial charge in [-0.05, 0) is 67.6 Å². The fraction of sp³-hybridized carbons (Fsp3) is 0.417. The Morgan fingerprint density at radius 3 is 2.30 bits per heavy atom. The van der Waals surface area contributed by atoms with E-state index in [1.807, 2.05) is 18.2 Å². The van der Waals surface area contributed by atoms with Gasteiger partial charge in [-0.2, -0.15) is 0 Å². The van der Waals surface area contributed by atoms with Gasteiger partial charge in [-0.25, -0.2) is 0 Å². The van der Waals surface area contributed by atoms with Crippen LogP contribution >= 0.6 is 23.2 Å². The molecule has 1 atom stereocenters. The number of unbranched alkanes of at least 4 members (excludes halogenated alkanes) is 1. The van der Waals surface area contributed by atoms with Crippen molar-refractivity contribution in [1.29, 1.82) is 0 Å². The highest BCUT2D eigenvalue weighted by Gasteiger charge is 2.21. The first-order chi connectivity index (χ1) is 21.0. The van der Waals surface area contributed by atoms with Crippen LogP contribution in [-0.2, 0) is 24.4 Å². The van der Waals surface area contributed by atoms with Crippen LogP contribution in [0.3, 0.4) is 0 Å². The minimum absolute atomic E-state index is 0.0769. The standard InChI is InChI=1S/C36H42Cl2N4O/c37-32-11-8-12-33(38)31(32)25-41-21-19-40(20-22-41)24-27-15-16-35-29(23-27)30(28-9-2-1-3-10-28)26-42(35)18-7-5-14-36(43)34-13-4-6-17-39-34/h1-3,8-12,15-16,23,26,34,39H,4-7,13-14,17-22,24-25H2. The SMILES string of the molecule is O=C(CCCCn1cc(-c2ccccc2)c2cc(CN3CCN(Cc4c(Cl)cccc4Cl)CC3)ccc21)C1CCCCN1. The van der Waals surface area contributed by atoms with E-state index in [1.165, 1.54) is 34.0 Å². The number of Topliss-reactive ketones (excluding diaryl/α,β-unsaturated/α-hetero) is 1. The van der Waals surface area contributed by atoms with Gasteiger partial charge in [0.1, 0.15) is 5.78 Å². The number of rotatable bonds is 11. The highest BCUT2D eigenvalue weighted by atomic mass is 35.5. The summed E-state index contributed by atoms with van der Waals surface area (Å²) < 4.78 is 2.39. The smallest absolute Gasteiger partial charge is 0.149 e. The lowest BCUT2D eigenvalue weighted by molar-refractivity contribution is -0.121. The third-order valence-electron chi connectivity index (χ3n) is 9.12. The van der Waals surface area contributed by atoms with Crippen LogP contribution in [0.15, 0.2) is 72.9 Å². The molecule has 3 heterocycles. The third kappa shape index (κ3) is 7.53. The number of fused-ring (bicyclic) bond motifs is 1. The molecule has 0 saturated carbocycles. The Morgan fingerprint density at radius 2 is 1.58 bits per heavy atom. The maximum absolute atomic E-state index is 12.7. The average molecular weight is 618 g/mol. The molecule has 3 aromatic carbocycles. The van der Waals surface area contributed by atoms with Gasteiger partial charge in [0.25, 0.3) is 0 Å². The first kappa shape index (κ1) is 30.4. The molecule has 4 aromatic rings. The number of aromatic nitrogens is 1. The fourth-order valence-corrected chi connectivity index (χ4v) is 7.15. The molecule has 1 unspecified atom stereocenters. The molecule has 7 heteroatoms. The van der Waals surface area contributed by atoms with Gasteiger partial charge in [-0.1, -0.05) is 72.1 Å². The number of hydrogen-bond acceptors (Lipinski definition) is 4. The maximum atomic E-state index is 12.7. The van der Waals surface area contributed by atoms with E-state index >= 15 is 0 Å². The molecule has 5 nitrogen and oxygen atoms in total. The van der Waals surface area contributed by atoms with Gasteiger partial charge in [0.2, 0.25) is 0 Å². The first-order valence-electron chi connectivity index (χ1n) is 15.9. The number of nitrogens with zero attached hydrogens (tertiary/aromatic N) is 3. The van der Waals surface area contributed by atoms with Crippen LogP contribution < -0.4 is 5.32 Å². The van der Waals surface area contributed by atoms with Crippen LogP contribution in [0, 0.1) is 0 Å². The monoisotopic (exact) mass is 616 g/mol. The molecule has 0 bridgehead atoms. The summed E-state index contributed by atoms with van der Waals surface area (Å²) in [6.07, 6.45) is 8.27. The maximum Gasteiger partial charge on any atom is 0.149 e. The molecule has 2 fully saturated rings. The minimum atomic E-state index is 0.0769. The number of nitrogens with one attached hydrogen (secondary N) is 1. The zero-order valence-electron chi connectivity index (χ0n) is 24.9. The zero-order valence-corrected chi connectivity index (χ0v) is 26.4. The highest BCUT2D eigenvalue weighted by Crippen LogP contribution is 2.32. The van der Waals surface area contributed by atoms with Crippen LogP contribution in [0.4, 0.5) is 0 Å². The van der Waals surface area contributed by atoms with Gasteiger partial charge in [-0.3, -0.25) is 14.6 Å². The van der Waals surface area contributed by atoms with Crippen LogP contribution in [0.2, 0.25) is 10.0 Å². The van der Waals surface area contributed by atoms with Crippen molar-refractivity contribution < 1.29 is 4.79 Å². The molecular formula is C36H42Cl2N4O. The molecule has 2 aliphatic heterocycles. The van der Waals surface area contributed by atoms with Crippen molar-refractivity contribution in [3.63, 3.8) is 0 Å². The normalized spacial score (nSPS) is 18.3. The van der Waals surface area contributed by atoms with Crippen molar-refractivity contribution in [2.45, 2.75) is 64.2 Å². The van der Waals surface area contributed by atoms with E-state index in [1.54, 1.807) is 0 Å². The van der Waals surface area contributed by atoms with Crippen LogP contribution in [0.5, 0.6) is 0 Å². The van der Waals surface area contributed by atoms with Gasteiger partial charge in [0.15, 0.2) is 0 Å². The summed E-state index contributed by atoms with van der Waals surface area (Å²) in [5, 5.41) is 6.20. The lowest BCUT2D eigenvalue weighted by atomic mass is 9.98. The second kappa shape index (κ2) is 14.4. The molecule has 2 saturated heterocycles. The van der Waals surface area contributed by atoms with Crippen molar-refractivity contribution in [2.75, 3.05) is 32.7 Å². The quantitative estimate of drug-likeness (QED) is 0.174. The second-order valence-corrected chi connectivity index (χ2v) is 12.9. The largest absolute Gasteiger partial charge is 0.347 e. The lowest BCUT2D eigenvalue weighted by Crippen LogP contribution is -2.45. The number of piperazine rings is 1. The number of carbonyl (C=O) groups excluding carboxylic acids is 1.